The van der Waals surface area contributed by atoms with Gasteiger partial charge in [0, 0.05) is 13.1 Å². The minimum Gasteiger partial charge on any atom is -0.468 e. The molecule has 37 heavy (non-hydrogen) atoms. The Morgan fingerprint density at radius 1 is 0.865 bits per heavy atom. The quantitative estimate of drug-likeness (QED) is 0.238. The molecule has 0 saturated heterocycles. The van der Waals surface area contributed by atoms with Gasteiger partial charge in [-0.1, -0.05) is 66.7 Å². The molecular formula is C31H31N3O3. The number of hydrogen-bond acceptors (Lipinski definition) is 5. The van der Waals surface area contributed by atoms with E-state index in [1.54, 1.807) is 6.26 Å². The first-order valence-electron chi connectivity index (χ1n) is 12.5. The lowest BCUT2D eigenvalue weighted by Crippen LogP contribution is -2.33. The molecule has 5 aromatic rings. The van der Waals surface area contributed by atoms with Crippen molar-refractivity contribution in [3.63, 3.8) is 0 Å². The number of aryl methyl sites for hydroxylation is 1. The molecular weight excluding hydrogens is 462 g/mol. The van der Waals surface area contributed by atoms with Crippen LogP contribution in [0.15, 0.2) is 114 Å². The van der Waals surface area contributed by atoms with Crippen LogP contribution in [0.4, 0.5) is 0 Å². The van der Waals surface area contributed by atoms with Gasteiger partial charge in [0.25, 0.3) is 0 Å². The molecule has 1 atom stereocenters. The van der Waals surface area contributed by atoms with Gasteiger partial charge < -0.3 is 14.3 Å². The monoisotopic (exact) mass is 493 g/mol. The molecule has 5 rings (SSSR count). The molecule has 0 unspecified atom stereocenters. The van der Waals surface area contributed by atoms with E-state index in [2.05, 4.69) is 4.90 Å². The summed E-state index contributed by atoms with van der Waals surface area (Å²) in [5.41, 5.74) is 3.86. The minimum absolute atomic E-state index is 0.469. The number of hydrogen-bond donors (Lipinski definition) is 1. The number of aromatic nitrogens is 2. The maximum absolute atomic E-state index is 11.0. The van der Waals surface area contributed by atoms with Crippen LogP contribution in [0.3, 0.4) is 0 Å². The lowest BCUT2D eigenvalue weighted by atomic mass is 10.1. The third-order valence-corrected chi connectivity index (χ3v) is 6.22. The van der Waals surface area contributed by atoms with Gasteiger partial charge >= 0.3 is 0 Å². The Hall–Kier alpha value is -4.13. The molecule has 6 nitrogen and oxygen atoms in total. The van der Waals surface area contributed by atoms with E-state index in [0.29, 0.717) is 31.9 Å². The summed E-state index contributed by atoms with van der Waals surface area (Å²) >= 11 is 0. The Labute approximate surface area is 217 Å². The van der Waals surface area contributed by atoms with E-state index in [4.69, 9.17) is 14.3 Å². The van der Waals surface area contributed by atoms with Crippen LogP contribution in [-0.4, -0.2) is 32.4 Å². The predicted octanol–water partition coefficient (Wildman–Crippen LogP) is 6.17. The van der Waals surface area contributed by atoms with Gasteiger partial charge in [-0.2, -0.15) is 5.10 Å². The Morgan fingerprint density at radius 3 is 2.22 bits per heavy atom. The summed E-state index contributed by atoms with van der Waals surface area (Å²) in [5, 5.41) is 15.9. The summed E-state index contributed by atoms with van der Waals surface area (Å²) in [6.07, 6.45) is 1.71. The molecule has 6 heteroatoms. The lowest BCUT2D eigenvalue weighted by Gasteiger charge is -2.25. The summed E-state index contributed by atoms with van der Waals surface area (Å²) in [6.45, 7) is 3.56. The number of furan rings is 1. The van der Waals surface area contributed by atoms with Gasteiger partial charge in [0.05, 0.1) is 35.9 Å². The zero-order valence-corrected chi connectivity index (χ0v) is 20.9. The van der Waals surface area contributed by atoms with Gasteiger partial charge in [0.15, 0.2) is 0 Å². The maximum Gasteiger partial charge on any atom is 0.227 e. The second kappa shape index (κ2) is 11.7. The second-order valence-corrected chi connectivity index (χ2v) is 9.12. The molecule has 3 aromatic carbocycles. The van der Waals surface area contributed by atoms with E-state index in [1.807, 2.05) is 115 Å². The SMILES string of the molecule is Cc1nn(-c2ccccc2)c(Oc2ccccc2)c1CN(Cc1ccco1)C[C@@H](O)Cc1ccccc1. The van der Waals surface area contributed by atoms with Crippen molar-refractivity contribution in [2.75, 3.05) is 6.54 Å². The molecule has 0 aliphatic rings. The lowest BCUT2D eigenvalue weighted by molar-refractivity contribution is 0.0997. The number of aliphatic hydroxyl groups excluding tert-OH is 1. The molecule has 2 heterocycles. The number of rotatable bonds is 11. The molecule has 1 N–H and O–H groups in total. The van der Waals surface area contributed by atoms with Gasteiger partial charge in [-0.3, -0.25) is 4.90 Å². The highest BCUT2D eigenvalue weighted by atomic mass is 16.5. The fourth-order valence-electron chi connectivity index (χ4n) is 4.45. The van der Waals surface area contributed by atoms with Crippen molar-refractivity contribution < 1.29 is 14.3 Å². The Morgan fingerprint density at radius 2 is 1.54 bits per heavy atom. The molecule has 0 aliphatic heterocycles. The number of nitrogens with zero attached hydrogens (tertiary/aromatic N) is 3. The summed E-state index contributed by atoms with van der Waals surface area (Å²) in [5.74, 6) is 2.24. The molecule has 0 aliphatic carbocycles. The standard InChI is InChI=1S/C31H31N3O3/c1-24-30(31(37-28-16-9-4-10-17-28)34(32-24)26-14-7-3-8-15-26)23-33(22-29-18-11-19-36-29)21-27(35)20-25-12-5-2-6-13-25/h2-19,27,35H,20-23H2,1H3/t27-/m0/s1. The van der Waals surface area contributed by atoms with Crippen molar-refractivity contribution in [2.24, 2.45) is 0 Å². The first-order valence-corrected chi connectivity index (χ1v) is 12.5. The predicted molar refractivity (Wildman–Crippen MR) is 144 cm³/mol. The number of ether oxygens (including phenoxy) is 1. The molecule has 0 saturated carbocycles. The molecule has 0 fully saturated rings. The second-order valence-electron chi connectivity index (χ2n) is 9.12. The van der Waals surface area contributed by atoms with Crippen LogP contribution in [0.5, 0.6) is 11.6 Å². The van der Waals surface area contributed by atoms with Gasteiger partial charge in [-0.15, -0.1) is 0 Å². The largest absolute Gasteiger partial charge is 0.468 e. The number of benzene rings is 3. The Kier molecular flexibility index (Phi) is 7.79. The van der Waals surface area contributed by atoms with Gasteiger partial charge in [0.2, 0.25) is 5.88 Å². The van der Waals surface area contributed by atoms with E-state index in [-0.39, 0.29) is 0 Å². The third kappa shape index (κ3) is 6.36. The average Bonchev–Trinajstić information content (AvgIpc) is 3.54. The molecule has 0 spiro atoms. The summed E-state index contributed by atoms with van der Waals surface area (Å²) in [4.78, 5) is 2.18. The highest BCUT2D eigenvalue weighted by molar-refractivity contribution is 5.43. The zero-order valence-electron chi connectivity index (χ0n) is 20.9. The highest BCUT2D eigenvalue weighted by Crippen LogP contribution is 2.32. The summed E-state index contributed by atoms with van der Waals surface area (Å²) in [6, 6.07) is 33.6. The van der Waals surface area contributed by atoms with E-state index in [0.717, 1.165) is 34.0 Å². The van der Waals surface area contributed by atoms with Crippen molar-refractivity contribution in [3.05, 3.63) is 132 Å². The van der Waals surface area contributed by atoms with E-state index in [9.17, 15) is 5.11 Å². The molecule has 2 aromatic heterocycles. The molecule has 0 bridgehead atoms. The van der Waals surface area contributed by atoms with Crippen LogP contribution in [0.1, 0.15) is 22.6 Å². The van der Waals surface area contributed by atoms with Gasteiger partial charge in [-0.25, -0.2) is 4.68 Å². The van der Waals surface area contributed by atoms with Crippen molar-refractivity contribution in [2.45, 2.75) is 32.5 Å². The first-order chi connectivity index (χ1) is 18.2. The van der Waals surface area contributed by atoms with Gasteiger partial charge in [0.1, 0.15) is 11.5 Å². The smallest absolute Gasteiger partial charge is 0.227 e. The van der Waals surface area contributed by atoms with Crippen LogP contribution in [0.25, 0.3) is 5.69 Å². The van der Waals surface area contributed by atoms with Crippen LogP contribution in [-0.2, 0) is 19.5 Å². The number of aliphatic hydroxyl groups is 1. The average molecular weight is 494 g/mol. The molecule has 188 valence electrons. The fraction of sp³-hybridized carbons (Fsp3) is 0.194. The topological polar surface area (TPSA) is 63.7 Å². The van der Waals surface area contributed by atoms with E-state index >= 15 is 0 Å². The Balaban J connectivity index is 1.46. The highest BCUT2D eigenvalue weighted by Gasteiger charge is 2.23. The van der Waals surface area contributed by atoms with Crippen LogP contribution >= 0.6 is 0 Å². The first kappa shape index (κ1) is 24.6. The van der Waals surface area contributed by atoms with Crippen molar-refractivity contribution in [1.82, 2.24) is 14.7 Å². The Bertz CT molecular complexity index is 1370. The van der Waals surface area contributed by atoms with Crippen LogP contribution in [0.2, 0.25) is 0 Å². The van der Waals surface area contributed by atoms with E-state index in [1.165, 1.54) is 0 Å². The molecule has 0 radical (unpaired) electrons. The molecule has 0 amide bonds. The van der Waals surface area contributed by atoms with Crippen molar-refractivity contribution in [1.29, 1.82) is 0 Å². The normalized spacial score (nSPS) is 12.1. The summed E-state index contributed by atoms with van der Waals surface area (Å²) in [7, 11) is 0. The minimum atomic E-state index is -0.541. The van der Waals surface area contributed by atoms with Crippen LogP contribution in [0, 0.1) is 6.92 Å². The van der Waals surface area contributed by atoms with Crippen molar-refractivity contribution >= 4 is 0 Å². The zero-order chi connectivity index (χ0) is 25.5. The maximum atomic E-state index is 11.0. The van der Waals surface area contributed by atoms with Gasteiger partial charge in [-0.05, 0) is 55.3 Å². The van der Waals surface area contributed by atoms with E-state index < -0.39 is 6.10 Å². The van der Waals surface area contributed by atoms with Crippen LogP contribution < -0.4 is 4.74 Å². The third-order valence-electron chi connectivity index (χ3n) is 6.22. The number of para-hydroxylation sites is 2. The van der Waals surface area contributed by atoms with Crippen molar-refractivity contribution in [3.8, 4) is 17.3 Å². The summed E-state index contributed by atoms with van der Waals surface area (Å²) < 4.78 is 13.9. The fourth-order valence-corrected chi connectivity index (χ4v) is 4.45.